The van der Waals surface area contributed by atoms with Crippen LogP contribution in [0.5, 0.6) is 0 Å². The Balaban J connectivity index is 0.000000284. The van der Waals surface area contributed by atoms with Crippen LogP contribution in [0.4, 0.5) is 11.4 Å². The van der Waals surface area contributed by atoms with E-state index in [9.17, 15) is 0 Å². The Bertz CT molecular complexity index is 551. The van der Waals surface area contributed by atoms with Crippen LogP contribution in [0.25, 0.3) is 0 Å². The van der Waals surface area contributed by atoms with Crippen LogP contribution in [0.15, 0.2) is 67.0 Å². The van der Waals surface area contributed by atoms with Gasteiger partial charge in [-0.1, -0.05) is 30.3 Å². The predicted molar refractivity (Wildman–Crippen MR) is 98.4 cm³/mol. The van der Waals surface area contributed by atoms with Crippen molar-refractivity contribution in [1.82, 2.24) is 4.90 Å². The molecular formula is C18H28N5+. The van der Waals surface area contributed by atoms with Crippen molar-refractivity contribution >= 4 is 11.4 Å². The second-order valence-corrected chi connectivity index (χ2v) is 5.08. The third kappa shape index (κ3) is 8.50. The summed E-state index contributed by atoms with van der Waals surface area (Å²) in [4.78, 5) is 1.90. The lowest BCUT2D eigenvalue weighted by atomic mass is 10.2. The van der Waals surface area contributed by atoms with Gasteiger partial charge in [0.2, 0.25) is 0 Å². The molecule has 124 valence electrons. The molecule has 0 aliphatic heterocycles. The summed E-state index contributed by atoms with van der Waals surface area (Å²) in [6.07, 6.45) is 3.88. The van der Waals surface area contributed by atoms with Crippen molar-refractivity contribution in [1.29, 1.82) is 0 Å². The number of nitrogens with one attached hydrogen (secondary N) is 1. The van der Waals surface area contributed by atoms with E-state index in [-0.39, 0.29) is 0 Å². The molecule has 0 atom stereocenters. The summed E-state index contributed by atoms with van der Waals surface area (Å²) in [5.41, 5.74) is 14.0. The van der Waals surface area contributed by atoms with Gasteiger partial charge in [-0.25, -0.2) is 0 Å². The van der Waals surface area contributed by atoms with Crippen LogP contribution in [0, 0.1) is 0 Å². The van der Waals surface area contributed by atoms with Gasteiger partial charge < -0.3 is 27.0 Å². The van der Waals surface area contributed by atoms with Gasteiger partial charge in [-0.2, -0.15) is 0 Å². The topological polar surface area (TPSA) is 83.9 Å². The number of nitrogens with zero attached hydrogens (tertiary/aromatic N) is 1. The van der Waals surface area contributed by atoms with Crippen molar-refractivity contribution in [3.8, 4) is 0 Å². The van der Waals surface area contributed by atoms with Gasteiger partial charge in [-0.15, -0.1) is 0 Å². The van der Waals surface area contributed by atoms with Crippen molar-refractivity contribution < 1.29 is 5.32 Å². The number of benzene rings is 2. The van der Waals surface area contributed by atoms with Crippen LogP contribution in [0.3, 0.4) is 0 Å². The SMILES string of the molecule is C[NH2+]/C=C\N(C)CN.Nc1ccc(NCc2ccccc2)cc1. The summed E-state index contributed by atoms with van der Waals surface area (Å²) in [5, 5.41) is 5.30. The van der Waals surface area contributed by atoms with Crippen molar-refractivity contribution in [2.24, 2.45) is 5.73 Å². The standard InChI is InChI=1S/C13H14N2.C5H13N3/c14-12-6-8-13(9-7-12)15-10-11-4-2-1-3-5-11;1-7-3-4-8(2)5-6/h1-9,15H,10,14H2;3-4,7H,5-6H2,1-2H3/p+1/b;4-3-. The summed E-state index contributed by atoms with van der Waals surface area (Å²) in [5.74, 6) is 0. The fraction of sp³-hybridized carbons (Fsp3) is 0.222. The number of hydrogen-bond acceptors (Lipinski definition) is 4. The molecule has 2 rings (SSSR count). The monoisotopic (exact) mass is 314 g/mol. The summed E-state index contributed by atoms with van der Waals surface area (Å²) in [7, 11) is 3.90. The van der Waals surface area contributed by atoms with E-state index in [1.165, 1.54) is 5.56 Å². The fourth-order valence-electron chi connectivity index (χ4n) is 1.69. The minimum absolute atomic E-state index is 0.574. The fourth-order valence-corrected chi connectivity index (χ4v) is 1.69. The van der Waals surface area contributed by atoms with E-state index >= 15 is 0 Å². The molecule has 23 heavy (non-hydrogen) atoms. The van der Waals surface area contributed by atoms with Crippen LogP contribution in [-0.2, 0) is 6.54 Å². The average Bonchev–Trinajstić information content (AvgIpc) is 2.60. The molecule has 0 aliphatic carbocycles. The van der Waals surface area contributed by atoms with Gasteiger partial charge in [0, 0.05) is 25.0 Å². The zero-order chi connectivity index (χ0) is 16.9. The molecule has 0 saturated heterocycles. The molecule has 7 N–H and O–H groups in total. The van der Waals surface area contributed by atoms with E-state index in [2.05, 4.69) is 17.4 Å². The minimum Gasteiger partial charge on any atom is -0.399 e. The first-order valence-electron chi connectivity index (χ1n) is 7.65. The molecule has 0 bridgehead atoms. The highest BCUT2D eigenvalue weighted by Gasteiger charge is 1.92. The van der Waals surface area contributed by atoms with Gasteiger partial charge in [0.15, 0.2) is 0 Å². The van der Waals surface area contributed by atoms with Crippen molar-refractivity contribution in [3.05, 3.63) is 72.6 Å². The highest BCUT2D eigenvalue weighted by molar-refractivity contribution is 5.51. The third-order valence-corrected chi connectivity index (χ3v) is 3.07. The maximum atomic E-state index is 5.61. The molecule has 0 radical (unpaired) electrons. The Morgan fingerprint density at radius 2 is 1.74 bits per heavy atom. The number of hydrogen-bond donors (Lipinski definition) is 4. The van der Waals surface area contributed by atoms with E-state index in [0.717, 1.165) is 17.9 Å². The molecule has 0 heterocycles. The van der Waals surface area contributed by atoms with Crippen LogP contribution in [0.1, 0.15) is 5.56 Å². The molecule has 2 aromatic carbocycles. The summed E-state index contributed by atoms with van der Waals surface area (Å²) >= 11 is 0. The van der Waals surface area contributed by atoms with Crippen molar-refractivity contribution in [2.45, 2.75) is 6.54 Å². The number of nitrogens with two attached hydrogens (primary N) is 3. The van der Waals surface area contributed by atoms with Crippen LogP contribution in [-0.4, -0.2) is 25.7 Å². The zero-order valence-corrected chi connectivity index (χ0v) is 13.9. The molecule has 2 aromatic rings. The quantitative estimate of drug-likeness (QED) is 0.479. The second-order valence-electron chi connectivity index (χ2n) is 5.08. The highest BCUT2D eigenvalue weighted by atomic mass is 15.1. The third-order valence-electron chi connectivity index (χ3n) is 3.07. The molecule has 5 heteroatoms. The van der Waals surface area contributed by atoms with E-state index in [1.807, 2.05) is 79.2 Å². The van der Waals surface area contributed by atoms with Gasteiger partial charge in [0.25, 0.3) is 0 Å². The maximum Gasteiger partial charge on any atom is 0.108 e. The minimum atomic E-state index is 0.574. The smallest absolute Gasteiger partial charge is 0.108 e. The first kappa shape index (κ1) is 18.5. The number of nitrogen functional groups attached to an aromatic ring is 1. The Morgan fingerprint density at radius 1 is 1.09 bits per heavy atom. The van der Waals surface area contributed by atoms with Gasteiger partial charge in [0.05, 0.1) is 19.9 Å². The Morgan fingerprint density at radius 3 is 2.30 bits per heavy atom. The summed E-state index contributed by atoms with van der Waals surface area (Å²) < 4.78 is 0. The average molecular weight is 314 g/mol. The lowest BCUT2D eigenvalue weighted by Gasteiger charge is -2.06. The number of anilines is 2. The van der Waals surface area contributed by atoms with E-state index in [0.29, 0.717) is 6.67 Å². The largest absolute Gasteiger partial charge is 0.399 e. The highest BCUT2D eigenvalue weighted by Crippen LogP contribution is 2.11. The maximum absolute atomic E-state index is 5.61. The van der Waals surface area contributed by atoms with Gasteiger partial charge >= 0.3 is 0 Å². The van der Waals surface area contributed by atoms with Crippen LogP contribution < -0.4 is 22.1 Å². The van der Waals surface area contributed by atoms with Crippen LogP contribution in [0.2, 0.25) is 0 Å². The van der Waals surface area contributed by atoms with Gasteiger partial charge in [0.1, 0.15) is 6.20 Å². The van der Waals surface area contributed by atoms with E-state index < -0.39 is 0 Å². The summed E-state index contributed by atoms with van der Waals surface area (Å²) in [6.45, 7) is 1.41. The first-order valence-corrected chi connectivity index (χ1v) is 7.65. The first-order chi connectivity index (χ1) is 11.2. The summed E-state index contributed by atoms with van der Waals surface area (Å²) in [6, 6.07) is 18.1. The lowest BCUT2D eigenvalue weighted by molar-refractivity contribution is -0.557. The molecule has 0 saturated carbocycles. The Labute approximate surface area is 139 Å². The van der Waals surface area contributed by atoms with Gasteiger partial charge in [-0.3, -0.25) is 0 Å². The Kier molecular flexibility index (Phi) is 8.97. The second kappa shape index (κ2) is 11.1. The normalized spacial score (nSPS) is 10.0. The zero-order valence-electron chi connectivity index (χ0n) is 13.9. The lowest BCUT2D eigenvalue weighted by Crippen LogP contribution is -2.72. The molecule has 0 fully saturated rings. The Hall–Kier alpha value is -2.50. The van der Waals surface area contributed by atoms with Gasteiger partial charge in [-0.05, 0) is 29.8 Å². The predicted octanol–water partition coefficient (Wildman–Crippen LogP) is 1.38. The van der Waals surface area contributed by atoms with E-state index in [4.69, 9.17) is 11.5 Å². The molecule has 0 spiro atoms. The van der Waals surface area contributed by atoms with Crippen LogP contribution >= 0.6 is 0 Å². The molecule has 5 nitrogen and oxygen atoms in total. The van der Waals surface area contributed by atoms with E-state index in [1.54, 1.807) is 0 Å². The number of quaternary nitrogens is 1. The molecule has 0 aromatic heterocycles. The molecule has 0 aliphatic rings. The molecular weight excluding hydrogens is 286 g/mol. The number of rotatable bonds is 6. The molecule has 0 amide bonds. The molecule has 0 unspecified atom stereocenters. The van der Waals surface area contributed by atoms with Crippen molar-refractivity contribution in [2.75, 3.05) is 31.8 Å². The van der Waals surface area contributed by atoms with Crippen molar-refractivity contribution in [3.63, 3.8) is 0 Å².